The Bertz CT molecular complexity index is 643. The molecule has 0 aliphatic heterocycles. The highest BCUT2D eigenvalue weighted by Crippen LogP contribution is 2.48. The molecule has 4 nitrogen and oxygen atoms in total. The van der Waals surface area contributed by atoms with Gasteiger partial charge in [0.25, 0.3) is 0 Å². The van der Waals surface area contributed by atoms with Crippen molar-refractivity contribution in [3.05, 3.63) is 35.1 Å². The van der Waals surface area contributed by atoms with Gasteiger partial charge in [0.05, 0.1) is 5.56 Å². The summed E-state index contributed by atoms with van der Waals surface area (Å²) in [6, 6.07) is 2.93. The molecule has 1 aromatic carbocycles. The largest absolute Gasteiger partial charge is 0.445 e. The average molecular weight is 346 g/mol. The second-order valence-electron chi connectivity index (χ2n) is 6.43. The molecule has 2 fully saturated rings. The molecule has 24 heavy (non-hydrogen) atoms. The van der Waals surface area contributed by atoms with E-state index in [1.807, 2.05) is 0 Å². The summed E-state index contributed by atoms with van der Waals surface area (Å²) < 4.78 is 57.3. The molecule has 2 aliphatic carbocycles. The molecule has 0 aromatic heterocycles. The molecule has 132 valence electrons. The Morgan fingerprint density at radius 3 is 2.58 bits per heavy atom. The number of hydrogen-bond donors (Lipinski definition) is 2. The first-order valence-electron chi connectivity index (χ1n) is 7.82. The lowest BCUT2D eigenvalue weighted by Gasteiger charge is -2.27. The number of halogens is 4. The van der Waals surface area contributed by atoms with E-state index in [1.54, 1.807) is 0 Å². The van der Waals surface area contributed by atoms with E-state index in [2.05, 4.69) is 5.32 Å². The number of amides is 1. The number of nitrogens with one attached hydrogen (secondary N) is 1. The number of alkyl halides is 3. The van der Waals surface area contributed by atoms with Crippen LogP contribution in [0.2, 0.25) is 0 Å². The van der Waals surface area contributed by atoms with Gasteiger partial charge in [0, 0.05) is 11.6 Å². The number of carbonyl (C=O) groups excluding carboxylic acids is 1. The molecule has 0 saturated heterocycles. The molecule has 8 heteroatoms. The summed E-state index contributed by atoms with van der Waals surface area (Å²) in [5, 5.41) is 3.31. The maximum Gasteiger partial charge on any atom is 0.419 e. The van der Waals surface area contributed by atoms with Gasteiger partial charge in [-0.1, -0.05) is 6.07 Å². The Balaban J connectivity index is 1.80. The van der Waals surface area contributed by atoms with Crippen molar-refractivity contribution in [2.45, 2.75) is 56.0 Å². The van der Waals surface area contributed by atoms with Crippen LogP contribution in [0.4, 0.5) is 22.4 Å². The topological polar surface area (TPSA) is 64.4 Å². The average Bonchev–Trinajstić information content (AvgIpc) is 3.13. The van der Waals surface area contributed by atoms with Crippen molar-refractivity contribution < 1.29 is 27.1 Å². The number of benzene rings is 1. The number of hydrogen-bond acceptors (Lipinski definition) is 3. The van der Waals surface area contributed by atoms with Gasteiger partial charge >= 0.3 is 12.3 Å². The lowest BCUT2D eigenvalue weighted by Crippen LogP contribution is -2.45. The number of carbonyl (C=O) groups is 1. The zero-order valence-electron chi connectivity index (χ0n) is 12.8. The van der Waals surface area contributed by atoms with E-state index in [0.717, 1.165) is 25.0 Å². The molecule has 0 heterocycles. The van der Waals surface area contributed by atoms with Crippen LogP contribution in [-0.4, -0.2) is 18.2 Å². The van der Waals surface area contributed by atoms with Gasteiger partial charge in [0.1, 0.15) is 11.9 Å². The van der Waals surface area contributed by atoms with E-state index in [9.17, 15) is 22.4 Å². The SMILES string of the molecule is NC(=O)O[C@H]1CCC[C@@H]1NC1(c2ccc(F)c(C(F)(F)F)c2)CC1. The van der Waals surface area contributed by atoms with Crippen molar-refractivity contribution in [3.63, 3.8) is 0 Å². The second kappa shape index (κ2) is 5.91. The normalized spacial score (nSPS) is 25.5. The number of primary amides is 1. The van der Waals surface area contributed by atoms with E-state index < -0.39 is 29.2 Å². The number of rotatable bonds is 4. The monoisotopic (exact) mass is 346 g/mol. The van der Waals surface area contributed by atoms with Gasteiger partial charge in [-0.3, -0.25) is 0 Å². The fourth-order valence-electron chi connectivity index (χ4n) is 3.42. The van der Waals surface area contributed by atoms with Crippen LogP contribution in [0.5, 0.6) is 0 Å². The predicted octanol–water partition coefficient (Wildman–Crippen LogP) is 3.44. The summed E-state index contributed by atoms with van der Waals surface area (Å²) in [4.78, 5) is 11.0. The second-order valence-corrected chi connectivity index (χ2v) is 6.43. The number of ether oxygens (including phenoxy) is 1. The van der Waals surface area contributed by atoms with Gasteiger partial charge in [-0.25, -0.2) is 9.18 Å². The summed E-state index contributed by atoms with van der Waals surface area (Å²) in [5.41, 5.74) is 3.57. The zero-order chi connectivity index (χ0) is 17.5. The fraction of sp³-hybridized carbons (Fsp3) is 0.562. The van der Waals surface area contributed by atoms with Gasteiger partial charge in [0.15, 0.2) is 0 Å². The molecule has 0 radical (unpaired) electrons. The van der Waals surface area contributed by atoms with Crippen LogP contribution in [-0.2, 0) is 16.5 Å². The van der Waals surface area contributed by atoms with E-state index in [0.29, 0.717) is 24.8 Å². The minimum Gasteiger partial charge on any atom is -0.445 e. The minimum atomic E-state index is -4.73. The van der Waals surface area contributed by atoms with Crippen molar-refractivity contribution >= 4 is 6.09 Å². The van der Waals surface area contributed by atoms with Gasteiger partial charge in [-0.05, 0) is 49.8 Å². The van der Waals surface area contributed by atoms with Gasteiger partial charge < -0.3 is 15.8 Å². The summed E-state index contributed by atoms with van der Waals surface area (Å²) >= 11 is 0. The highest BCUT2D eigenvalue weighted by molar-refractivity contribution is 5.64. The quantitative estimate of drug-likeness (QED) is 0.821. The summed E-state index contributed by atoms with van der Waals surface area (Å²) in [6.45, 7) is 0. The van der Waals surface area contributed by atoms with Crippen molar-refractivity contribution in [2.75, 3.05) is 0 Å². The lowest BCUT2D eigenvalue weighted by atomic mass is 9.99. The van der Waals surface area contributed by atoms with Crippen molar-refractivity contribution in [1.82, 2.24) is 5.32 Å². The zero-order valence-corrected chi connectivity index (χ0v) is 12.8. The molecular formula is C16H18F4N2O2. The highest BCUT2D eigenvalue weighted by Gasteiger charge is 2.49. The summed E-state index contributed by atoms with van der Waals surface area (Å²) in [7, 11) is 0. The summed E-state index contributed by atoms with van der Waals surface area (Å²) in [6.07, 6.45) is -2.45. The first-order chi connectivity index (χ1) is 11.2. The van der Waals surface area contributed by atoms with Gasteiger partial charge in [-0.15, -0.1) is 0 Å². The van der Waals surface area contributed by atoms with E-state index in [1.165, 1.54) is 6.07 Å². The Labute approximate surface area is 136 Å². The molecule has 0 spiro atoms. The highest BCUT2D eigenvalue weighted by atomic mass is 19.4. The van der Waals surface area contributed by atoms with Gasteiger partial charge in [0.2, 0.25) is 0 Å². The Morgan fingerprint density at radius 2 is 2.00 bits per heavy atom. The Kier molecular flexibility index (Phi) is 4.19. The van der Waals surface area contributed by atoms with E-state index in [-0.39, 0.29) is 12.1 Å². The van der Waals surface area contributed by atoms with Gasteiger partial charge in [-0.2, -0.15) is 13.2 Å². The third-order valence-corrected chi connectivity index (χ3v) is 4.76. The van der Waals surface area contributed by atoms with Crippen molar-refractivity contribution in [1.29, 1.82) is 0 Å². The predicted molar refractivity (Wildman–Crippen MR) is 77.5 cm³/mol. The van der Waals surface area contributed by atoms with Crippen LogP contribution in [0.3, 0.4) is 0 Å². The molecule has 0 unspecified atom stereocenters. The van der Waals surface area contributed by atoms with E-state index in [4.69, 9.17) is 10.5 Å². The van der Waals surface area contributed by atoms with Crippen LogP contribution in [0.1, 0.15) is 43.2 Å². The first-order valence-corrected chi connectivity index (χ1v) is 7.82. The van der Waals surface area contributed by atoms with Crippen LogP contribution < -0.4 is 11.1 Å². The standard InChI is InChI=1S/C16H18F4N2O2/c17-11-5-4-9(8-10(11)16(18,19)20)15(6-7-15)22-12-2-1-3-13(12)24-14(21)23/h4-5,8,12-13,22H,1-3,6-7H2,(H2,21,23)/t12-,13-/m0/s1. The smallest absolute Gasteiger partial charge is 0.419 e. The Hall–Kier alpha value is -1.83. The maximum atomic E-state index is 13.5. The van der Waals surface area contributed by atoms with Crippen molar-refractivity contribution in [3.8, 4) is 0 Å². The molecule has 0 bridgehead atoms. The molecule has 1 amide bonds. The lowest BCUT2D eigenvalue weighted by molar-refractivity contribution is -0.140. The van der Waals surface area contributed by atoms with Crippen LogP contribution in [0.15, 0.2) is 18.2 Å². The number of nitrogens with two attached hydrogens (primary N) is 1. The van der Waals surface area contributed by atoms with Crippen LogP contribution in [0.25, 0.3) is 0 Å². The molecule has 2 aliphatic rings. The summed E-state index contributed by atoms with van der Waals surface area (Å²) in [5.74, 6) is -1.28. The van der Waals surface area contributed by atoms with E-state index >= 15 is 0 Å². The van der Waals surface area contributed by atoms with Crippen LogP contribution >= 0.6 is 0 Å². The molecule has 1 aromatic rings. The van der Waals surface area contributed by atoms with Crippen molar-refractivity contribution in [2.24, 2.45) is 5.73 Å². The molecule has 2 saturated carbocycles. The minimum absolute atomic E-state index is 0.167. The third kappa shape index (κ3) is 3.33. The molecule has 2 atom stereocenters. The maximum absolute atomic E-state index is 13.5. The third-order valence-electron chi connectivity index (χ3n) is 4.76. The molecule has 3 N–H and O–H groups in total. The fourth-order valence-corrected chi connectivity index (χ4v) is 3.42. The van der Waals surface area contributed by atoms with Crippen LogP contribution in [0, 0.1) is 5.82 Å². The first kappa shape index (κ1) is 17.0. The Morgan fingerprint density at radius 1 is 1.29 bits per heavy atom. The molecular weight excluding hydrogens is 328 g/mol. The molecule has 3 rings (SSSR count).